The average molecular weight is 286 g/mol. The lowest BCUT2D eigenvalue weighted by atomic mass is 10.1. The molecular formula is C16H15FN2S. The zero-order chi connectivity index (χ0) is 14.1. The van der Waals surface area contributed by atoms with Gasteiger partial charge < -0.3 is 5.73 Å². The van der Waals surface area contributed by atoms with Crippen LogP contribution in [0.4, 0.5) is 4.39 Å². The second-order valence-electron chi connectivity index (χ2n) is 4.91. The van der Waals surface area contributed by atoms with Gasteiger partial charge in [-0.1, -0.05) is 23.9 Å². The molecule has 0 aromatic heterocycles. The number of nitrogens with two attached hydrogens (primary N) is 1. The number of nitrogens with one attached hydrogen (secondary N) is 1. The van der Waals surface area contributed by atoms with E-state index >= 15 is 0 Å². The summed E-state index contributed by atoms with van der Waals surface area (Å²) in [4.78, 5) is 1.76. The van der Waals surface area contributed by atoms with E-state index < -0.39 is 5.82 Å². The molecule has 0 heterocycles. The largest absolute Gasteiger partial charge is 0.384 e. The van der Waals surface area contributed by atoms with E-state index in [9.17, 15) is 4.39 Å². The molecule has 4 heteroatoms. The molecule has 2 nitrogen and oxygen atoms in total. The summed E-state index contributed by atoms with van der Waals surface area (Å²) in [6.45, 7) is 0. The van der Waals surface area contributed by atoms with E-state index in [1.54, 1.807) is 12.1 Å². The molecule has 0 saturated heterocycles. The molecule has 1 aliphatic rings. The van der Waals surface area contributed by atoms with Gasteiger partial charge in [0.05, 0.1) is 5.56 Å². The summed E-state index contributed by atoms with van der Waals surface area (Å²) < 4.78 is 13.8. The molecule has 1 aliphatic carbocycles. The van der Waals surface area contributed by atoms with Gasteiger partial charge in [0.15, 0.2) is 0 Å². The van der Waals surface area contributed by atoms with Gasteiger partial charge >= 0.3 is 0 Å². The van der Waals surface area contributed by atoms with Gasteiger partial charge in [-0.05, 0) is 54.7 Å². The molecule has 3 N–H and O–H groups in total. The number of rotatable bonds is 3. The Hall–Kier alpha value is -1.81. The third kappa shape index (κ3) is 2.43. The molecule has 0 aliphatic heterocycles. The highest BCUT2D eigenvalue weighted by atomic mass is 32.2. The van der Waals surface area contributed by atoms with Crippen molar-refractivity contribution in [1.82, 2.24) is 0 Å². The van der Waals surface area contributed by atoms with Crippen molar-refractivity contribution in [2.24, 2.45) is 5.73 Å². The molecule has 0 radical (unpaired) electrons. The zero-order valence-corrected chi connectivity index (χ0v) is 11.8. The summed E-state index contributed by atoms with van der Waals surface area (Å²) in [5.41, 5.74) is 8.48. The summed E-state index contributed by atoms with van der Waals surface area (Å²) in [6, 6.07) is 11.2. The van der Waals surface area contributed by atoms with Gasteiger partial charge in [0.2, 0.25) is 0 Å². The van der Waals surface area contributed by atoms with E-state index in [2.05, 4.69) is 18.2 Å². The van der Waals surface area contributed by atoms with Crippen LogP contribution in [0.5, 0.6) is 0 Å². The van der Waals surface area contributed by atoms with Crippen LogP contribution in [0.1, 0.15) is 23.1 Å². The maximum Gasteiger partial charge on any atom is 0.135 e. The van der Waals surface area contributed by atoms with Crippen molar-refractivity contribution >= 4 is 17.6 Å². The standard InChI is InChI=1S/C16H15FN2S/c17-13-5-2-6-14(15(13)16(18)19)20-12-8-7-10-3-1-4-11(10)9-12/h2,5-9H,1,3-4H2,(H3,18,19). The Morgan fingerprint density at radius 1 is 1.15 bits per heavy atom. The van der Waals surface area contributed by atoms with Crippen LogP contribution in [0.3, 0.4) is 0 Å². The van der Waals surface area contributed by atoms with Crippen LogP contribution in [0, 0.1) is 11.2 Å². The number of benzene rings is 2. The first kappa shape index (κ1) is 13.2. The molecule has 0 spiro atoms. The Labute approximate surface area is 121 Å². The molecule has 20 heavy (non-hydrogen) atoms. The van der Waals surface area contributed by atoms with E-state index in [4.69, 9.17) is 11.1 Å². The lowest BCUT2D eigenvalue weighted by Gasteiger charge is -2.10. The van der Waals surface area contributed by atoms with Crippen molar-refractivity contribution in [3.63, 3.8) is 0 Å². The van der Waals surface area contributed by atoms with Gasteiger partial charge in [-0.3, -0.25) is 5.41 Å². The van der Waals surface area contributed by atoms with Gasteiger partial charge in [-0.25, -0.2) is 4.39 Å². The zero-order valence-electron chi connectivity index (χ0n) is 10.9. The molecule has 0 fully saturated rings. The Bertz CT molecular complexity index is 682. The maximum atomic E-state index is 13.8. The van der Waals surface area contributed by atoms with Crippen molar-refractivity contribution in [1.29, 1.82) is 5.41 Å². The van der Waals surface area contributed by atoms with Crippen LogP contribution in [0.25, 0.3) is 0 Å². The van der Waals surface area contributed by atoms with Gasteiger partial charge in [0.25, 0.3) is 0 Å². The van der Waals surface area contributed by atoms with Crippen LogP contribution in [-0.2, 0) is 12.8 Å². The second-order valence-corrected chi connectivity index (χ2v) is 6.03. The van der Waals surface area contributed by atoms with Gasteiger partial charge in [-0.2, -0.15) is 0 Å². The van der Waals surface area contributed by atoms with E-state index in [1.807, 2.05) is 0 Å². The Balaban J connectivity index is 1.95. The van der Waals surface area contributed by atoms with E-state index in [-0.39, 0.29) is 11.4 Å². The smallest absolute Gasteiger partial charge is 0.135 e. The molecule has 3 rings (SSSR count). The first-order valence-corrected chi connectivity index (χ1v) is 7.39. The van der Waals surface area contributed by atoms with Crippen molar-refractivity contribution in [2.75, 3.05) is 0 Å². The average Bonchev–Trinajstić information content (AvgIpc) is 2.85. The summed E-state index contributed by atoms with van der Waals surface area (Å²) in [6.07, 6.45) is 3.48. The maximum absolute atomic E-state index is 13.8. The molecule has 2 aromatic rings. The number of nitrogen functional groups attached to an aromatic ring is 1. The summed E-state index contributed by atoms with van der Waals surface area (Å²) >= 11 is 1.46. The highest BCUT2D eigenvalue weighted by molar-refractivity contribution is 7.99. The number of hydrogen-bond donors (Lipinski definition) is 2. The monoisotopic (exact) mass is 286 g/mol. The third-order valence-electron chi connectivity index (χ3n) is 3.54. The van der Waals surface area contributed by atoms with Crippen LogP contribution in [0.2, 0.25) is 0 Å². The molecule has 0 unspecified atom stereocenters. The normalized spacial score (nSPS) is 13.2. The van der Waals surface area contributed by atoms with Crippen molar-refractivity contribution in [3.8, 4) is 0 Å². The van der Waals surface area contributed by atoms with E-state index in [0.717, 1.165) is 17.7 Å². The molecule has 2 aromatic carbocycles. The summed E-state index contributed by atoms with van der Waals surface area (Å²) in [7, 11) is 0. The third-order valence-corrected chi connectivity index (χ3v) is 4.59. The number of fused-ring (bicyclic) bond motifs is 1. The van der Waals surface area contributed by atoms with Crippen LogP contribution in [-0.4, -0.2) is 5.84 Å². The Morgan fingerprint density at radius 3 is 2.75 bits per heavy atom. The predicted molar refractivity (Wildman–Crippen MR) is 80.0 cm³/mol. The van der Waals surface area contributed by atoms with Crippen LogP contribution < -0.4 is 5.73 Å². The van der Waals surface area contributed by atoms with Gasteiger partial charge in [0.1, 0.15) is 11.7 Å². The molecule has 102 valence electrons. The molecular weight excluding hydrogens is 271 g/mol. The molecule has 0 saturated carbocycles. The first-order chi connectivity index (χ1) is 9.65. The van der Waals surface area contributed by atoms with Gasteiger partial charge in [0, 0.05) is 9.79 Å². The Morgan fingerprint density at radius 2 is 1.95 bits per heavy atom. The fraction of sp³-hybridized carbons (Fsp3) is 0.188. The lowest BCUT2D eigenvalue weighted by molar-refractivity contribution is 0.621. The summed E-state index contributed by atoms with van der Waals surface area (Å²) in [5, 5.41) is 7.53. The fourth-order valence-electron chi connectivity index (χ4n) is 2.59. The number of amidine groups is 1. The quantitative estimate of drug-likeness (QED) is 0.667. The van der Waals surface area contributed by atoms with Crippen molar-refractivity contribution in [3.05, 3.63) is 58.9 Å². The van der Waals surface area contributed by atoms with Crippen molar-refractivity contribution in [2.45, 2.75) is 29.1 Å². The highest BCUT2D eigenvalue weighted by Crippen LogP contribution is 2.34. The topological polar surface area (TPSA) is 49.9 Å². The SMILES string of the molecule is N=C(N)c1c(F)cccc1Sc1ccc2c(c1)CCC2. The van der Waals surface area contributed by atoms with Gasteiger partial charge in [-0.15, -0.1) is 0 Å². The highest BCUT2D eigenvalue weighted by Gasteiger charge is 2.14. The van der Waals surface area contributed by atoms with Crippen LogP contribution in [0.15, 0.2) is 46.2 Å². The number of halogens is 1. The number of aryl methyl sites for hydroxylation is 2. The van der Waals surface area contributed by atoms with Crippen LogP contribution >= 0.6 is 11.8 Å². The van der Waals surface area contributed by atoms with Crippen molar-refractivity contribution < 1.29 is 4.39 Å². The van der Waals surface area contributed by atoms with E-state index in [1.165, 1.54) is 35.4 Å². The number of hydrogen-bond acceptors (Lipinski definition) is 2. The minimum Gasteiger partial charge on any atom is -0.384 e. The minimum absolute atomic E-state index is 0.193. The Kier molecular flexibility index (Phi) is 3.49. The lowest BCUT2D eigenvalue weighted by Crippen LogP contribution is -2.14. The molecule has 0 amide bonds. The predicted octanol–water partition coefficient (Wildman–Crippen LogP) is 3.75. The molecule has 0 bridgehead atoms. The first-order valence-electron chi connectivity index (χ1n) is 6.58. The molecule has 0 atom stereocenters. The fourth-order valence-corrected chi connectivity index (χ4v) is 3.64. The minimum atomic E-state index is -0.441. The second kappa shape index (κ2) is 5.29. The van der Waals surface area contributed by atoms with E-state index in [0.29, 0.717) is 4.90 Å². The summed E-state index contributed by atoms with van der Waals surface area (Å²) in [5.74, 6) is -0.671.